The Morgan fingerprint density at radius 2 is 1.77 bits per heavy atom. The Morgan fingerprint density at radius 1 is 1.08 bits per heavy atom. The average Bonchev–Trinajstić information content (AvgIpc) is 2.61. The van der Waals surface area contributed by atoms with Crippen LogP contribution in [0.4, 0.5) is 4.39 Å². The van der Waals surface area contributed by atoms with Crippen LogP contribution in [0.25, 0.3) is 0 Å². The fraction of sp³-hybridized carbons (Fsp3) is 0.429. The van der Waals surface area contributed by atoms with Crippen molar-refractivity contribution in [1.29, 1.82) is 0 Å². The van der Waals surface area contributed by atoms with Crippen LogP contribution in [0.5, 0.6) is 11.5 Å². The minimum absolute atomic E-state index is 0.249. The van der Waals surface area contributed by atoms with Crippen LogP contribution in [-0.2, 0) is 13.2 Å². The number of hydrogen-bond acceptors (Lipinski definition) is 3. The second-order valence-corrected chi connectivity index (χ2v) is 7.45. The Balaban J connectivity index is 2.05. The van der Waals surface area contributed by atoms with Crippen molar-refractivity contribution >= 4 is 15.9 Å². The first-order valence-corrected chi connectivity index (χ1v) is 9.82. The van der Waals surface area contributed by atoms with Crippen LogP contribution in [0, 0.1) is 11.7 Å². The largest absolute Gasteiger partial charge is 0.490 e. The third kappa shape index (κ3) is 6.61. The predicted octanol–water partition coefficient (Wildman–Crippen LogP) is 5.70. The lowest BCUT2D eigenvalue weighted by Crippen LogP contribution is -2.16. The van der Waals surface area contributed by atoms with Crippen LogP contribution >= 0.6 is 15.9 Å². The molecule has 0 fully saturated rings. The molecule has 0 saturated carbocycles. The molecule has 0 unspecified atom stereocenters. The van der Waals surface area contributed by atoms with Gasteiger partial charge >= 0.3 is 0 Å². The summed E-state index contributed by atoms with van der Waals surface area (Å²) in [4.78, 5) is 0. The van der Waals surface area contributed by atoms with Crippen molar-refractivity contribution in [2.24, 2.45) is 5.92 Å². The Morgan fingerprint density at radius 3 is 2.42 bits per heavy atom. The molecule has 26 heavy (non-hydrogen) atoms. The zero-order valence-electron chi connectivity index (χ0n) is 15.6. The highest BCUT2D eigenvalue weighted by Gasteiger charge is 2.11. The second kappa shape index (κ2) is 10.5. The molecule has 0 heterocycles. The molecule has 0 saturated heterocycles. The molecule has 0 amide bonds. The fourth-order valence-corrected chi connectivity index (χ4v) is 2.91. The second-order valence-electron chi connectivity index (χ2n) is 6.60. The van der Waals surface area contributed by atoms with Gasteiger partial charge in [-0.25, -0.2) is 4.39 Å². The van der Waals surface area contributed by atoms with Gasteiger partial charge in [-0.3, -0.25) is 0 Å². The maximum absolute atomic E-state index is 13.0. The fourth-order valence-electron chi connectivity index (χ4n) is 2.45. The number of nitrogens with one attached hydrogen (secondary N) is 1. The van der Waals surface area contributed by atoms with Crippen molar-refractivity contribution in [3.8, 4) is 11.5 Å². The highest BCUT2D eigenvalue weighted by molar-refractivity contribution is 9.10. The van der Waals surface area contributed by atoms with Gasteiger partial charge in [0.15, 0.2) is 11.5 Å². The van der Waals surface area contributed by atoms with E-state index in [0.29, 0.717) is 24.9 Å². The molecular weight excluding hydrogens is 397 g/mol. The normalized spacial score (nSPS) is 11.0. The molecule has 3 nitrogen and oxygen atoms in total. The quantitative estimate of drug-likeness (QED) is 0.497. The summed E-state index contributed by atoms with van der Waals surface area (Å²) in [5, 5.41) is 3.46. The van der Waals surface area contributed by atoms with Gasteiger partial charge in [-0.1, -0.05) is 41.9 Å². The van der Waals surface area contributed by atoms with Crippen LogP contribution in [0.2, 0.25) is 0 Å². The summed E-state index contributed by atoms with van der Waals surface area (Å²) in [5.74, 6) is 1.83. The molecule has 0 aromatic heterocycles. The lowest BCUT2D eigenvalue weighted by atomic mass is 10.1. The molecule has 5 heteroatoms. The zero-order chi connectivity index (χ0) is 18.9. The third-order valence-electron chi connectivity index (χ3n) is 3.93. The van der Waals surface area contributed by atoms with Crippen molar-refractivity contribution in [3.05, 3.63) is 57.8 Å². The molecule has 0 radical (unpaired) electrons. The monoisotopic (exact) mass is 423 g/mol. The van der Waals surface area contributed by atoms with Crippen LogP contribution in [0.3, 0.4) is 0 Å². The molecule has 0 aliphatic rings. The Kier molecular flexibility index (Phi) is 8.39. The molecule has 2 rings (SSSR count). The molecule has 2 aromatic rings. The van der Waals surface area contributed by atoms with Gasteiger partial charge in [0.25, 0.3) is 0 Å². The molecule has 0 spiro atoms. The van der Waals surface area contributed by atoms with Crippen molar-refractivity contribution < 1.29 is 13.9 Å². The topological polar surface area (TPSA) is 30.5 Å². The van der Waals surface area contributed by atoms with E-state index in [0.717, 1.165) is 40.9 Å². The van der Waals surface area contributed by atoms with Gasteiger partial charge < -0.3 is 14.8 Å². The first-order valence-electron chi connectivity index (χ1n) is 9.02. The molecular formula is C21H27BrFNO2. The molecule has 142 valence electrons. The van der Waals surface area contributed by atoms with Gasteiger partial charge in [-0.15, -0.1) is 0 Å². The zero-order valence-corrected chi connectivity index (χ0v) is 17.2. The van der Waals surface area contributed by atoms with E-state index in [1.165, 1.54) is 12.1 Å². The van der Waals surface area contributed by atoms with Crippen molar-refractivity contribution in [3.63, 3.8) is 0 Å². The molecule has 0 atom stereocenters. The van der Waals surface area contributed by atoms with E-state index >= 15 is 0 Å². The standard InChI is InChI=1S/C21H27BrFNO2/c1-4-25-20-11-17(13-24-10-9-15(2)3)19(22)12-21(20)26-14-16-5-7-18(23)8-6-16/h5-8,11-12,15,24H,4,9-10,13-14H2,1-3H3. The number of benzene rings is 2. The van der Waals surface area contributed by atoms with Crippen LogP contribution < -0.4 is 14.8 Å². The first kappa shape index (κ1) is 20.7. The van der Waals surface area contributed by atoms with E-state index in [9.17, 15) is 4.39 Å². The van der Waals surface area contributed by atoms with Crippen LogP contribution in [0.15, 0.2) is 40.9 Å². The van der Waals surface area contributed by atoms with E-state index in [1.807, 2.05) is 19.1 Å². The van der Waals surface area contributed by atoms with Crippen molar-refractivity contribution in [2.45, 2.75) is 40.3 Å². The molecule has 2 aromatic carbocycles. The van der Waals surface area contributed by atoms with E-state index in [-0.39, 0.29) is 5.82 Å². The summed E-state index contributed by atoms with van der Waals surface area (Å²) in [5.41, 5.74) is 2.04. The van der Waals surface area contributed by atoms with E-state index < -0.39 is 0 Å². The SMILES string of the molecule is CCOc1cc(CNCCC(C)C)c(Br)cc1OCc1ccc(F)cc1. The maximum Gasteiger partial charge on any atom is 0.162 e. The minimum Gasteiger partial charge on any atom is -0.490 e. The molecule has 0 bridgehead atoms. The lowest BCUT2D eigenvalue weighted by molar-refractivity contribution is 0.268. The number of ether oxygens (including phenoxy) is 2. The van der Waals surface area contributed by atoms with Crippen molar-refractivity contribution in [1.82, 2.24) is 5.32 Å². The molecule has 0 aliphatic carbocycles. The molecule has 0 aliphatic heterocycles. The highest BCUT2D eigenvalue weighted by atomic mass is 79.9. The predicted molar refractivity (Wildman–Crippen MR) is 107 cm³/mol. The van der Waals surface area contributed by atoms with Gasteiger partial charge in [-0.2, -0.15) is 0 Å². The Labute approximate surface area is 164 Å². The molecule has 1 N–H and O–H groups in total. The van der Waals surface area contributed by atoms with Crippen LogP contribution in [-0.4, -0.2) is 13.2 Å². The first-order chi connectivity index (χ1) is 12.5. The van der Waals surface area contributed by atoms with E-state index in [1.54, 1.807) is 12.1 Å². The summed E-state index contributed by atoms with van der Waals surface area (Å²) in [7, 11) is 0. The Bertz CT molecular complexity index is 689. The number of rotatable bonds is 10. The number of halogens is 2. The van der Waals surface area contributed by atoms with Crippen LogP contribution in [0.1, 0.15) is 38.3 Å². The number of hydrogen-bond donors (Lipinski definition) is 1. The van der Waals surface area contributed by atoms with Gasteiger partial charge in [0.05, 0.1) is 6.61 Å². The summed E-state index contributed by atoms with van der Waals surface area (Å²) in [6.07, 6.45) is 1.15. The smallest absolute Gasteiger partial charge is 0.162 e. The van der Waals surface area contributed by atoms with Gasteiger partial charge in [0.1, 0.15) is 12.4 Å². The summed E-state index contributed by atoms with van der Waals surface area (Å²) >= 11 is 3.62. The lowest BCUT2D eigenvalue weighted by Gasteiger charge is -2.16. The highest BCUT2D eigenvalue weighted by Crippen LogP contribution is 2.34. The average molecular weight is 424 g/mol. The third-order valence-corrected chi connectivity index (χ3v) is 4.67. The summed E-state index contributed by atoms with van der Waals surface area (Å²) in [6, 6.07) is 10.3. The van der Waals surface area contributed by atoms with Gasteiger partial charge in [0.2, 0.25) is 0 Å². The summed E-state index contributed by atoms with van der Waals surface area (Å²) in [6.45, 7) is 9.07. The minimum atomic E-state index is -0.249. The van der Waals surface area contributed by atoms with Crippen molar-refractivity contribution in [2.75, 3.05) is 13.2 Å². The Hall–Kier alpha value is -1.59. The van der Waals surface area contributed by atoms with E-state index in [4.69, 9.17) is 9.47 Å². The van der Waals surface area contributed by atoms with Gasteiger partial charge in [0, 0.05) is 11.0 Å². The van der Waals surface area contributed by atoms with Gasteiger partial charge in [-0.05, 0) is 61.2 Å². The summed E-state index contributed by atoms with van der Waals surface area (Å²) < 4.78 is 25.7. The van der Waals surface area contributed by atoms with E-state index in [2.05, 4.69) is 35.1 Å². The maximum atomic E-state index is 13.0.